The number of amides is 1. The minimum atomic E-state index is -0.927. The van der Waals surface area contributed by atoms with Crippen LogP contribution in [0.2, 0.25) is 0 Å². The molecule has 0 bridgehead atoms. The van der Waals surface area contributed by atoms with Crippen LogP contribution >= 0.6 is 0 Å². The Bertz CT molecular complexity index is 496. The van der Waals surface area contributed by atoms with Crippen LogP contribution in [0.15, 0.2) is 18.2 Å². The molecule has 0 atom stereocenters. The van der Waals surface area contributed by atoms with Gasteiger partial charge in [-0.3, -0.25) is 4.79 Å². The van der Waals surface area contributed by atoms with Crippen LogP contribution in [-0.4, -0.2) is 29.4 Å². The number of likely N-dealkylation sites (tertiary alicyclic amines) is 1. The molecule has 5 heteroatoms. The highest BCUT2D eigenvalue weighted by Gasteiger charge is 2.43. The maximum Gasteiger partial charge on any atom is 0.227 e. The average Bonchev–Trinajstić information content (AvgIpc) is 2.29. The second-order valence-electron chi connectivity index (χ2n) is 5.56. The second-order valence-corrected chi connectivity index (χ2v) is 5.56. The lowest BCUT2D eigenvalue weighted by Gasteiger charge is -2.50. The van der Waals surface area contributed by atoms with Gasteiger partial charge in [-0.05, 0) is 23.6 Å². The average molecular weight is 268 g/mol. The minimum Gasteiger partial charge on any atom is -0.339 e. The first-order valence-electron chi connectivity index (χ1n) is 6.32. The summed E-state index contributed by atoms with van der Waals surface area (Å²) in [7, 11) is 0. The summed E-state index contributed by atoms with van der Waals surface area (Å²) in [6.07, 6.45) is 0.0748. The van der Waals surface area contributed by atoms with Gasteiger partial charge in [0.25, 0.3) is 0 Å². The van der Waals surface area contributed by atoms with Crippen LogP contribution in [0.3, 0.4) is 0 Å². The molecule has 0 radical (unpaired) electrons. The van der Waals surface area contributed by atoms with E-state index < -0.39 is 11.6 Å². The highest BCUT2D eigenvalue weighted by atomic mass is 19.2. The maximum atomic E-state index is 13.0. The molecule has 2 N–H and O–H groups in total. The zero-order chi connectivity index (χ0) is 14.2. The third kappa shape index (κ3) is 2.76. The quantitative estimate of drug-likeness (QED) is 0.907. The van der Waals surface area contributed by atoms with Crippen molar-refractivity contribution < 1.29 is 13.6 Å². The highest BCUT2D eigenvalue weighted by molar-refractivity contribution is 5.80. The Kier molecular flexibility index (Phi) is 3.58. The van der Waals surface area contributed by atoms with Crippen molar-refractivity contribution in [3.05, 3.63) is 35.4 Å². The number of nitrogens with two attached hydrogens (primary N) is 1. The number of hydrogen-bond acceptors (Lipinski definition) is 2. The number of benzene rings is 1. The second kappa shape index (κ2) is 4.89. The van der Waals surface area contributed by atoms with Gasteiger partial charge in [-0.2, -0.15) is 0 Å². The maximum absolute atomic E-state index is 13.0. The molecule has 1 amide bonds. The normalized spacial score (nSPS) is 17.5. The molecule has 3 nitrogen and oxygen atoms in total. The van der Waals surface area contributed by atoms with Crippen molar-refractivity contribution in [3.8, 4) is 0 Å². The Hall–Kier alpha value is -1.49. The fraction of sp³-hybridized carbons (Fsp3) is 0.500. The number of halogens is 2. The van der Waals surface area contributed by atoms with Crippen molar-refractivity contribution in [2.45, 2.75) is 25.8 Å². The Balaban J connectivity index is 1.94. The summed E-state index contributed by atoms with van der Waals surface area (Å²) in [5.41, 5.74) is 6.27. The van der Waals surface area contributed by atoms with Gasteiger partial charge in [0.15, 0.2) is 11.6 Å². The van der Waals surface area contributed by atoms with Crippen LogP contribution in [0.5, 0.6) is 0 Å². The largest absolute Gasteiger partial charge is 0.339 e. The standard InChI is InChI=1S/C14H18F2N2O/c1-9(2)14(17)7-18(8-14)13(19)6-10-3-4-11(15)12(16)5-10/h3-5,9H,6-8,17H2,1-2H3. The Morgan fingerprint density at radius 3 is 2.53 bits per heavy atom. The zero-order valence-corrected chi connectivity index (χ0v) is 11.1. The predicted molar refractivity (Wildman–Crippen MR) is 68.4 cm³/mol. The van der Waals surface area contributed by atoms with E-state index in [0.29, 0.717) is 24.6 Å². The summed E-state index contributed by atoms with van der Waals surface area (Å²) in [5.74, 6) is -1.63. The van der Waals surface area contributed by atoms with Crippen LogP contribution in [0, 0.1) is 17.6 Å². The number of carbonyl (C=O) groups is 1. The van der Waals surface area contributed by atoms with E-state index in [-0.39, 0.29) is 17.9 Å². The molecule has 1 heterocycles. The number of rotatable bonds is 3. The van der Waals surface area contributed by atoms with Crippen molar-refractivity contribution in [3.63, 3.8) is 0 Å². The van der Waals surface area contributed by atoms with Crippen molar-refractivity contribution in [2.24, 2.45) is 11.7 Å². The van der Waals surface area contributed by atoms with Crippen molar-refractivity contribution in [2.75, 3.05) is 13.1 Å². The first-order chi connectivity index (χ1) is 8.82. The molecule has 104 valence electrons. The van der Waals surface area contributed by atoms with Gasteiger partial charge in [0.2, 0.25) is 5.91 Å². The molecule has 1 fully saturated rings. The van der Waals surface area contributed by atoms with Gasteiger partial charge in [-0.1, -0.05) is 19.9 Å². The summed E-state index contributed by atoms with van der Waals surface area (Å²) < 4.78 is 25.8. The molecule has 0 aromatic heterocycles. The van der Waals surface area contributed by atoms with E-state index in [1.165, 1.54) is 6.07 Å². The SMILES string of the molecule is CC(C)C1(N)CN(C(=O)Cc2ccc(F)c(F)c2)C1. The van der Waals surface area contributed by atoms with Crippen LogP contribution in [-0.2, 0) is 11.2 Å². The molecular formula is C14H18F2N2O. The van der Waals surface area contributed by atoms with E-state index in [9.17, 15) is 13.6 Å². The monoisotopic (exact) mass is 268 g/mol. The molecule has 1 aliphatic heterocycles. The molecule has 19 heavy (non-hydrogen) atoms. The molecule has 0 saturated carbocycles. The molecule has 0 spiro atoms. The van der Waals surface area contributed by atoms with Gasteiger partial charge in [0.1, 0.15) is 0 Å². The summed E-state index contributed by atoms with van der Waals surface area (Å²) in [6.45, 7) is 5.09. The van der Waals surface area contributed by atoms with Gasteiger partial charge in [-0.25, -0.2) is 8.78 Å². The minimum absolute atomic E-state index is 0.0748. The Labute approximate surface area is 111 Å². The van der Waals surface area contributed by atoms with Crippen LogP contribution in [0.25, 0.3) is 0 Å². The predicted octanol–water partition coefficient (Wildman–Crippen LogP) is 1.70. The lowest BCUT2D eigenvalue weighted by atomic mass is 9.80. The fourth-order valence-electron chi connectivity index (χ4n) is 2.14. The number of carbonyl (C=O) groups excluding carboxylic acids is 1. The first-order valence-corrected chi connectivity index (χ1v) is 6.32. The lowest BCUT2D eigenvalue weighted by Crippen LogP contribution is -2.71. The zero-order valence-electron chi connectivity index (χ0n) is 11.1. The van der Waals surface area contributed by atoms with E-state index in [2.05, 4.69) is 0 Å². The van der Waals surface area contributed by atoms with Crippen molar-refractivity contribution in [1.29, 1.82) is 0 Å². The third-order valence-electron chi connectivity index (χ3n) is 3.81. The van der Waals surface area contributed by atoms with Gasteiger partial charge in [0, 0.05) is 13.1 Å². The van der Waals surface area contributed by atoms with Crippen LogP contribution in [0.1, 0.15) is 19.4 Å². The lowest BCUT2D eigenvalue weighted by molar-refractivity contribution is -0.139. The summed E-state index contributed by atoms with van der Waals surface area (Å²) >= 11 is 0. The molecule has 2 rings (SSSR count). The molecule has 1 saturated heterocycles. The number of nitrogens with zero attached hydrogens (tertiary/aromatic N) is 1. The van der Waals surface area contributed by atoms with E-state index in [1.807, 2.05) is 13.8 Å². The van der Waals surface area contributed by atoms with Crippen molar-refractivity contribution in [1.82, 2.24) is 4.90 Å². The molecule has 0 unspecified atom stereocenters. The van der Waals surface area contributed by atoms with Crippen LogP contribution in [0.4, 0.5) is 8.78 Å². The summed E-state index contributed by atoms with van der Waals surface area (Å²) in [6, 6.07) is 3.52. The molecule has 0 aliphatic carbocycles. The van der Waals surface area contributed by atoms with E-state index in [1.54, 1.807) is 4.90 Å². The van der Waals surface area contributed by atoms with Crippen LogP contribution < -0.4 is 5.73 Å². The summed E-state index contributed by atoms with van der Waals surface area (Å²) in [5, 5.41) is 0. The Morgan fingerprint density at radius 1 is 1.37 bits per heavy atom. The van der Waals surface area contributed by atoms with Gasteiger partial charge < -0.3 is 10.6 Å². The number of hydrogen-bond donors (Lipinski definition) is 1. The molecule has 1 aromatic rings. The first kappa shape index (κ1) is 13.9. The molecule has 1 aromatic carbocycles. The third-order valence-corrected chi connectivity index (χ3v) is 3.81. The molecule has 1 aliphatic rings. The van der Waals surface area contributed by atoms with Crippen molar-refractivity contribution >= 4 is 5.91 Å². The van der Waals surface area contributed by atoms with Gasteiger partial charge >= 0.3 is 0 Å². The Morgan fingerprint density at radius 2 is 2.00 bits per heavy atom. The van der Waals surface area contributed by atoms with E-state index in [0.717, 1.165) is 12.1 Å². The van der Waals surface area contributed by atoms with Gasteiger partial charge in [0.05, 0.1) is 12.0 Å². The van der Waals surface area contributed by atoms with E-state index >= 15 is 0 Å². The van der Waals surface area contributed by atoms with E-state index in [4.69, 9.17) is 5.73 Å². The smallest absolute Gasteiger partial charge is 0.227 e. The molecular weight excluding hydrogens is 250 g/mol. The highest BCUT2D eigenvalue weighted by Crippen LogP contribution is 2.26. The fourth-order valence-corrected chi connectivity index (χ4v) is 2.14. The topological polar surface area (TPSA) is 46.3 Å². The summed E-state index contributed by atoms with van der Waals surface area (Å²) in [4.78, 5) is 13.6. The van der Waals surface area contributed by atoms with Gasteiger partial charge in [-0.15, -0.1) is 0 Å².